The number of hydrogen-bond acceptors (Lipinski definition) is 4. The van der Waals surface area contributed by atoms with Crippen LogP contribution in [0, 0.1) is 11.6 Å². The Kier molecular flexibility index (Phi) is 6.47. The van der Waals surface area contributed by atoms with Gasteiger partial charge < -0.3 is 14.8 Å². The minimum absolute atomic E-state index is 0.198. The SMILES string of the molecule is COC(=O)c1c(F)cc(C2CC(CNCc3cccc4ccccc34)Oc3ccccc32)cc1F. The van der Waals surface area contributed by atoms with Crippen molar-refractivity contribution in [3.05, 3.63) is 113 Å². The van der Waals surface area contributed by atoms with Crippen molar-refractivity contribution in [3.8, 4) is 5.75 Å². The Balaban J connectivity index is 1.37. The van der Waals surface area contributed by atoms with Gasteiger partial charge in [0.1, 0.15) is 29.1 Å². The molecule has 0 amide bonds. The molecule has 0 fully saturated rings. The molecule has 4 aromatic rings. The Morgan fingerprint density at radius 1 is 1.00 bits per heavy atom. The zero-order valence-electron chi connectivity index (χ0n) is 19.3. The summed E-state index contributed by atoms with van der Waals surface area (Å²) in [6.07, 6.45) is 0.340. The molecule has 178 valence electrons. The summed E-state index contributed by atoms with van der Waals surface area (Å²) in [6.45, 7) is 1.24. The molecule has 6 heteroatoms. The minimum atomic E-state index is -1.03. The third-order valence-electron chi connectivity index (χ3n) is 6.51. The Labute approximate surface area is 202 Å². The average Bonchev–Trinajstić information content (AvgIpc) is 2.87. The van der Waals surface area contributed by atoms with Crippen LogP contribution in [0.2, 0.25) is 0 Å². The van der Waals surface area contributed by atoms with Crippen LogP contribution < -0.4 is 10.1 Å². The van der Waals surface area contributed by atoms with E-state index in [2.05, 4.69) is 34.3 Å². The molecule has 35 heavy (non-hydrogen) atoms. The van der Waals surface area contributed by atoms with Gasteiger partial charge in [-0.15, -0.1) is 0 Å². The standard InChI is InChI=1S/C29H25F2NO3/c1-34-29(33)28-25(30)13-20(14-26(28)31)24-15-21(35-27-12-5-4-11-23(24)27)17-32-16-19-9-6-8-18-7-2-3-10-22(18)19/h2-14,21,24,32H,15-17H2,1H3. The first-order chi connectivity index (χ1) is 17.0. The van der Waals surface area contributed by atoms with Crippen molar-refractivity contribution in [1.82, 2.24) is 5.32 Å². The molecule has 5 rings (SSSR count). The molecule has 0 aromatic heterocycles. The first-order valence-electron chi connectivity index (χ1n) is 11.6. The molecule has 2 unspecified atom stereocenters. The molecule has 0 aliphatic carbocycles. The lowest BCUT2D eigenvalue weighted by Gasteiger charge is -2.33. The predicted molar refractivity (Wildman–Crippen MR) is 131 cm³/mol. The normalized spacial score (nSPS) is 17.0. The fourth-order valence-corrected chi connectivity index (χ4v) is 4.84. The van der Waals surface area contributed by atoms with Crippen LogP contribution in [-0.2, 0) is 11.3 Å². The first kappa shape index (κ1) is 23.0. The average molecular weight is 474 g/mol. The van der Waals surface area contributed by atoms with Crippen LogP contribution in [0.4, 0.5) is 8.78 Å². The maximum Gasteiger partial charge on any atom is 0.343 e. The highest BCUT2D eigenvalue weighted by molar-refractivity contribution is 5.90. The van der Waals surface area contributed by atoms with Crippen LogP contribution in [-0.4, -0.2) is 25.7 Å². The molecular weight excluding hydrogens is 448 g/mol. The lowest BCUT2D eigenvalue weighted by atomic mass is 9.83. The summed E-state index contributed by atoms with van der Waals surface area (Å²) in [7, 11) is 1.10. The number of carbonyl (C=O) groups excluding carboxylic acids is 1. The third kappa shape index (κ3) is 4.62. The van der Waals surface area contributed by atoms with E-state index >= 15 is 0 Å². The van der Waals surface area contributed by atoms with E-state index in [4.69, 9.17) is 4.74 Å². The highest BCUT2D eigenvalue weighted by atomic mass is 19.1. The molecular formula is C29H25F2NO3. The molecule has 0 saturated heterocycles. The summed E-state index contributed by atoms with van der Waals surface area (Å²) in [5.41, 5.74) is 1.84. The number of fused-ring (bicyclic) bond motifs is 2. The van der Waals surface area contributed by atoms with Crippen LogP contribution in [0.3, 0.4) is 0 Å². The van der Waals surface area contributed by atoms with E-state index < -0.39 is 23.2 Å². The van der Waals surface area contributed by atoms with Gasteiger partial charge in [0, 0.05) is 24.6 Å². The second-order valence-electron chi connectivity index (χ2n) is 8.69. The van der Waals surface area contributed by atoms with E-state index in [0.717, 1.165) is 12.7 Å². The van der Waals surface area contributed by atoms with Crippen molar-refractivity contribution in [2.75, 3.05) is 13.7 Å². The Bertz CT molecular complexity index is 1360. The summed E-state index contributed by atoms with van der Waals surface area (Å²) in [5.74, 6) is -2.48. The smallest absolute Gasteiger partial charge is 0.343 e. The van der Waals surface area contributed by atoms with Gasteiger partial charge >= 0.3 is 5.97 Å². The molecule has 1 aliphatic rings. The molecule has 0 saturated carbocycles. The van der Waals surface area contributed by atoms with Crippen LogP contribution in [0.1, 0.15) is 39.4 Å². The van der Waals surface area contributed by atoms with Gasteiger partial charge in [0.05, 0.1) is 7.11 Å². The van der Waals surface area contributed by atoms with Gasteiger partial charge in [0.15, 0.2) is 0 Å². The first-order valence-corrected chi connectivity index (χ1v) is 11.6. The number of rotatable bonds is 6. The lowest BCUT2D eigenvalue weighted by molar-refractivity contribution is 0.0589. The topological polar surface area (TPSA) is 47.6 Å². The van der Waals surface area contributed by atoms with Gasteiger partial charge in [-0.2, -0.15) is 0 Å². The fraction of sp³-hybridized carbons (Fsp3) is 0.207. The largest absolute Gasteiger partial charge is 0.489 e. The van der Waals surface area contributed by atoms with E-state index in [1.54, 1.807) is 0 Å². The fourth-order valence-electron chi connectivity index (χ4n) is 4.84. The monoisotopic (exact) mass is 473 g/mol. The zero-order chi connectivity index (χ0) is 24.4. The molecule has 1 heterocycles. The predicted octanol–water partition coefficient (Wildman–Crippen LogP) is 5.98. The van der Waals surface area contributed by atoms with Gasteiger partial charge in [-0.05, 0) is 46.5 Å². The van der Waals surface area contributed by atoms with Crippen molar-refractivity contribution in [1.29, 1.82) is 0 Å². The quantitative estimate of drug-likeness (QED) is 0.350. The highest BCUT2D eigenvalue weighted by Crippen LogP contribution is 2.41. The maximum atomic E-state index is 14.7. The third-order valence-corrected chi connectivity index (χ3v) is 6.51. The number of carbonyl (C=O) groups is 1. The highest BCUT2D eigenvalue weighted by Gasteiger charge is 2.31. The number of halogens is 2. The minimum Gasteiger partial charge on any atom is -0.489 e. The Hall–Kier alpha value is -3.77. The number of methoxy groups -OCH3 is 1. The van der Waals surface area contributed by atoms with E-state index in [0.29, 0.717) is 30.8 Å². The second kappa shape index (κ2) is 9.84. The molecule has 4 nitrogen and oxygen atoms in total. The maximum absolute atomic E-state index is 14.7. The zero-order valence-corrected chi connectivity index (χ0v) is 19.3. The summed E-state index contributed by atoms with van der Waals surface area (Å²) in [5, 5.41) is 5.88. The van der Waals surface area contributed by atoms with E-state index in [1.807, 2.05) is 42.5 Å². The molecule has 0 spiro atoms. The Morgan fingerprint density at radius 3 is 2.51 bits per heavy atom. The number of esters is 1. The second-order valence-corrected chi connectivity index (χ2v) is 8.69. The number of benzene rings is 4. The number of nitrogens with one attached hydrogen (secondary N) is 1. The van der Waals surface area contributed by atoms with Crippen LogP contribution in [0.25, 0.3) is 10.8 Å². The summed E-state index contributed by atoms with van der Waals surface area (Å²) < 4.78 is 40.2. The van der Waals surface area contributed by atoms with E-state index in [-0.39, 0.29) is 12.0 Å². The van der Waals surface area contributed by atoms with Gasteiger partial charge in [-0.3, -0.25) is 0 Å². The number of ether oxygens (including phenoxy) is 2. The van der Waals surface area contributed by atoms with Gasteiger partial charge in [-0.25, -0.2) is 13.6 Å². The van der Waals surface area contributed by atoms with E-state index in [9.17, 15) is 13.6 Å². The van der Waals surface area contributed by atoms with Crippen molar-refractivity contribution >= 4 is 16.7 Å². The molecule has 1 N–H and O–H groups in total. The van der Waals surface area contributed by atoms with E-state index in [1.165, 1.54) is 28.5 Å². The summed E-state index contributed by atoms with van der Waals surface area (Å²) in [6, 6.07) is 24.5. The van der Waals surface area contributed by atoms with Gasteiger partial charge in [0.25, 0.3) is 0 Å². The molecule has 1 aliphatic heterocycles. The van der Waals surface area contributed by atoms with Crippen LogP contribution in [0.15, 0.2) is 78.9 Å². The van der Waals surface area contributed by atoms with Crippen molar-refractivity contribution in [2.45, 2.75) is 25.0 Å². The van der Waals surface area contributed by atoms with Gasteiger partial charge in [0.2, 0.25) is 0 Å². The van der Waals surface area contributed by atoms with Crippen molar-refractivity contribution < 1.29 is 23.0 Å². The molecule has 0 bridgehead atoms. The summed E-state index contributed by atoms with van der Waals surface area (Å²) >= 11 is 0. The Morgan fingerprint density at radius 2 is 1.71 bits per heavy atom. The molecule has 4 aromatic carbocycles. The lowest BCUT2D eigenvalue weighted by Crippen LogP contribution is -2.35. The number of para-hydroxylation sites is 1. The van der Waals surface area contributed by atoms with Crippen molar-refractivity contribution in [2.24, 2.45) is 0 Å². The number of hydrogen-bond donors (Lipinski definition) is 1. The molecule has 0 radical (unpaired) electrons. The van der Waals surface area contributed by atoms with Crippen LogP contribution >= 0.6 is 0 Å². The van der Waals surface area contributed by atoms with Crippen molar-refractivity contribution in [3.63, 3.8) is 0 Å². The molecule has 2 atom stereocenters. The van der Waals surface area contributed by atoms with Crippen LogP contribution in [0.5, 0.6) is 5.75 Å². The van der Waals surface area contributed by atoms with Gasteiger partial charge in [-0.1, -0.05) is 60.7 Å². The summed E-state index contributed by atoms with van der Waals surface area (Å²) in [4.78, 5) is 11.8.